The van der Waals surface area contributed by atoms with Crippen LogP contribution in [0.5, 0.6) is 0 Å². The summed E-state index contributed by atoms with van der Waals surface area (Å²) < 4.78 is 0. The molecular formula is C14H25N3O3. The molecule has 20 heavy (non-hydrogen) atoms. The fraction of sp³-hybridized carbons (Fsp3) is 0.857. The van der Waals surface area contributed by atoms with E-state index in [4.69, 9.17) is 5.11 Å². The number of urea groups is 1. The first kappa shape index (κ1) is 15.1. The summed E-state index contributed by atoms with van der Waals surface area (Å²) in [4.78, 5) is 27.0. The first-order chi connectivity index (χ1) is 9.44. The molecule has 2 rings (SSSR count). The van der Waals surface area contributed by atoms with Crippen LogP contribution in [0.2, 0.25) is 0 Å². The zero-order chi connectivity index (χ0) is 14.8. The lowest BCUT2D eigenvalue weighted by molar-refractivity contribution is -0.143. The van der Waals surface area contributed by atoms with Crippen LogP contribution in [-0.2, 0) is 4.79 Å². The molecule has 6 heteroatoms. The van der Waals surface area contributed by atoms with E-state index in [1.54, 1.807) is 4.90 Å². The van der Waals surface area contributed by atoms with Gasteiger partial charge in [-0.2, -0.15) is 0 Å². The van der Waals surface area contributed by atoms with Gasteiger partial charge in [-0.3, -0.25) is 4.79 Å². The fourth-order valence-electron chi connectivity index (χ4n) is 3.05. The third-order valence-electron chi connectivity index (χ3n) is 4.93. The van der Waals surface area contributed by atoms with Crippen LogP contribution in [0.25, 0.3) is 0 Å². The molecule has 114 valence electrons. The summed E-state index contributed by atoms with van der Waals surface area (Å²) in [5, 5.41) is 12.0. The first-order valence-corrected chi connectivity index (χ1v) is 7.38. The van der Waals surface area contributed by atoms with E-state index in [0.29, 0.717) is 32.5 Å². The van der Waals surface area contributed by atoms with Crippen LogP contribution in [-0.4, -0.2) is 66.2 Å². The summed E-state index contributed by atoms with van der Waals surface area (Å²) in [6.45, 7) is 1.76. The van der Waals surface area contributed by atoms with Gasteiger partial charge in [-0.15, -0.1) is 0 Å². The van der Waals surface area contributed by atoms with Crippen LogP contribution < -0.4 is 5.32 Å². The Bertz CT molecular complexity index is 372. The van der Waals surface area contributed by atoms with E-state index in [9.17, 15) is 9.59 Å². The number of likely N-dealkylation sites (N-methyl/N-ethyl adjacent to an activating group) is 1. The minimum absolute atomic E-state index is 0.0537. The van der Waals surface area contributed by atoms with Crippen LogP contribution >= 0.6 is 0 Å². The molecule has 0 radical (unpaired) electrons. The Hall–Kier alpha value is -1.30. The predicted octanol–water partition coefficient (Wildman–Crippen LogP) is 0.977. The number of rotatable bonds is 4. The summed E-state index contributed by atoms with van der Waals surface area (Å²) in [7, 11) is 4.12. The largest absolute Gasteiger partial charge is 0.481 e. The average Bonchev–Trinajstić information content (AvgIpc) is 2.36. The maximum absolute atomic E-state index is 12.1. The summed E-state index contributed by atoms with van der Waals surface area (Å²) in [6.07, 6.45) is 4.59. The van der Waals surface area contributed by atoms with Gasteiger partial charge in [-0.05, 0) is 46.2 Å². The van der Waals surface area contributed by atoms with E-state index in [-0.39, 0.29) is 17.5 Å². The van der Waals surface area contributed by atoms with Crippen molar-refractivity contribution in [3.63, 3.8) is 0 Å². The van der Waals surface area contributed by atoms with Crippen molar-refractivity contribution >= 4 is 12.0 Å². The van der Waals surface area contributed by atoms with Gasteiger partial charge in [0.1, 0.15) is 0 Å². The van der Waals surface area contributed by atoms with Crippen LogP contribution in [0.3, 0.4) is 0 Å². The van der Waals surface area contributed by atoms with E-state index in [1.807, 2.05) is 0 Å². The van der Waals surface area contributed by atoms with Crippen LogP contribution in [0, 0.1) is 5.92 Å². The van der Waals surface area contributed by atoms with Crippen LogP contribution in [0.1, 0.15) is 32.1 Å². The van der Waals surface area contributed by atoms with Crippen molar-refractivity contribution in [2.24, 2.45) is 5.92 Å². The van der Waals surface area contributed by atoms with Gasteiger partial charge >= 0.3 is 12.0 Å². The standard InChI is InChI=1S/C14H25N3O3/c1-16(2)14(6-3-7-14)10-15-13(20)17-8-4-11(5-9-17)12(18)19/h11H,3-10H2,1-2H3,(H,15,20)(H,18,19). The number of piperidine rings is 1. The van der Waals surface area contributed by atoms with Crippen molar-refractivity contribution in [2.75, 3.05) is 33.7 Å². The smallest absolute Gasteiger partial charge is 0.317 e. The number of carboxylic acids is 1. The van der Waals surface area contributed by atoms with E-state index in [2.05, 4.69) is 24.3 Å². The second-order valence-electron chi connectivity index (χ2n) is 6.23. The van der Waals surface area contributed by atoms with Gasteiger partial charge in [0.05, 0.1) is 5.92 Å². The molecule has 0 unspecified atom stereocenters. The number of hydrogen-bond acceptors (Lipinski definition) is 3. The van der Waals surface area contributed by atoms with Crippen molar-refractivity contribution in [1.29, 1.82) is 0 Å². The molecule has 1 saturated carbocycles. The maximum Gasteiger partial charge on any atom is 0.317 e. The van der Waals surface area contributed by atoms with Crippen LogP contribution in [0.4, 0.5) is 4.79 Å². The zero-order valence-electron chi connectivity index (χ0n) is 12.4. The Morgan fingerprint density at radius 2 is 1.90 bits per heavy atom. The topological polar surface area (TPSA) is 72.9 Å². The number of carbonyl (C=O) groups excluding carboxylic acids is 1. The predicted molar refractivity (Wildman–Crippen MR) is 75.6 cm³/mol. The quantitative estimate of drug-likeness (QED) is 0.806. The van der Waals surface area contributed by atoms with E-state index >= 15 is 0 Å². The lowest BCUT2D eigenvalue weighted by atomic mass is 9.75. The highest BCUT2D eigenvalue weighted by atomic mass is 16.4. The molecular weight excluding hydrogens is 258 g/mol. The van der Waals surface area contributed by atoms with Crippen molar-refractivity contribution in [1.82, 2.24) is 15.1 Å². The number of carbonyl (C=O) groups is 2. The normalized spacial score (nSPS) is 22.4. The number of amides is 2. The molecule has 1 aliphatic heterocycles. The lowest BCUT2D eigenvalue weighted by Crippen LogP contribution is -2.58. The van der Waals surface area contributed by atoms with Crippen molar-refractivity contribution < 1.29 is 14.7 Å². The third-order valence-corrected chi connectivity index (χ3v) is 4.93. The summed E-state index contributed by atoms with van der Waals surface area (Å²) in [6, 6.07) is -0.0537. The number of nitrogens with one attached hydrogen (secondary N) is 1. The van der Waals surface area contributed by atoms with Crippen molar-refractivity contribution in [3.05, 3.63) is 0 Å². The Balaban J connectivity index is 1.77. The molecule has 0 aromatic heterocycles. The SMILES string of the molecule is CN(C)C1(CNC(=O)N2CCC(C(=O)O)CC2)CCC1. The van der Waals surface area contributed by atoms with E-state index in [0.717, 1.165) is 12.8 Å². The number of carboxylic acid groups (broad SMARTS) is 1. The van der Waals surface area contributed by atoms with E-state index < -0.39 is 5.97 Å². The van der Waals surface area contributed by atoms with Crippen molar-refractivity contribution in [3.8, 4) is 0 Å². The molecule has 1 heterocycles. The molecule has 2 N–H and O–H groups in total. The molecule has 0 aromatic rings. The molecule has 2 amide bonds. The van der Waals surface area contributed by atoms with Gasteiger partial charge in [-0.25, -0.2) is 4.79 Å². The minimum atomic E-state index is -0.744. The van der Waals surface area contributed by atoms with Crippen molar-refractivity contribution in [2.45, 2.75) is 37.6 Å². The summed E-state index contributed by atoms with van der Waals surface area (Å²) in [5.41, 5.74) is 0.120. The summed E-state index contributed by atoms with van der Waals surface area (Å²) in [5.74, 6) is -1.04. The number of aliphatic carboxylic acids is 1. The van der Waals surface area contributed by atoms with Gasteiger partial charge in [0, 0.05) is 25.2 Å². The number of nitrogens with zero attached hydrogens (tertiary/aromatic N) is 2. The molecule has 2 fully saturated rings. The second-order valence-corrected chi connectivity index (χ2v) is 6.23. The first-order valence-electron chi connectivity index (χ1n) is 7.38. The van der Waals surface area contributed by atoms with Gasteiger partial charge in [-0.1, -0.05) is 0 Å². The molecule has 2 aliphatic rings. The van der Waals surface area contributed by atoms with E-state index in [1.165, 1.54) is 6.42 Å². The highest BCUT2D eigenvalue weighted by Gasteiger charge is 2.39. The van der Waals surface area contributed by atoms with Gasteiger partial charge < -0.3 is 20.2 Å². The molecule has 6 nitrogen and oxygen atoms in total. The third kappa shape index (κ3) is 3.06. The molecule has 0 atom stereocenters. The van der Waals surface area contributed by atoms with Gasteiger partial charge in [0.2, 0.25) is 0 Å². The number of hydrogen-bond donors (Lipinski definition) is 2. The monoisotopic (exact) mass is 283 g/mol. The Labute approximate surface area is 120 Å². The number of likely N-dealkylation sites (tertiary alicyclic amines) is 1. The Kier molecular flexibility index (Phi) is 4.52. The highest BCUT2D eigenvalue weighted by Crippen LogP contribution is 2.35. The van der Waals surface area contributed by atoms with Gasteiger partial charge in [0.15, 0.2) is 0 Å². The van der Waals surface area contributed by atoms with Gasteiger partial charge in [0.25, 0.3) is 0 Å². The Morgan fingerprint density at radius 3 is 2.30 bits per heavy atom. The molecule has 1 saturated heterocycles. The highest BCUT2D eigenvalue weighted by molar-refractivity contribution is 5.75. The van der Waals surface area contributed by atoms with Crippen LogP contribution in [0.15, 0.2) is 0 Å². The fourth-order valence-corrected chi connectivity index (χ4v) is 3.05. The molecule has 1 aliphatic carbocycles. The molecule has 0 bridgehead atoms. The maximum atomic E-state index is 12.1. The Morgan fingerprint density at radius 1 is 1.30 bits per heavy atom. The second kappa shape index (κ2) is 5.99. The average molecular weight is 283 g/mol. The summed E-state index contributed by atoms with van der Waals surface area (Å²) >= 11 is 0. The molecule has 0 spiro atoms. The molecule has 0 aromatic carbocycles. The zero-order valence-corrected chi connectivity index (χ0v) is 12.4. The minimum Gasteiger partial charge on any atom is -0.481 e. The lowest BCUT2D eigenvalue weighted by Gasteiger charge is -2.47.